The summed E-state index contributed by atoms with van der Waals surface area (Å²) in [6.45, 7) is 7.52. The molecule has 0 aliphatic carbocycles. The Bertz CT molecular complexity index is 434. The van der Waals surface area contributed by atoms with E-state index in [0.717, 1.165) is 24.0 Å². The van der Waals surface area contributed by atoms with E-state index >= 15 is 0 Å². The van der Waals surface area contributed by atoms with E-state index in [1.807, 2.05) is 6.07 Å². The van der Waals surface area contributed by atoms with Crippen LogP contribution in [0.15, 0.2) is 18.2 Å². The molecule has 4 nitrogen and oxygen atoms in total. The maximum atomic E-state index is 5.67. The first-order chi connectivity index (χ1) is 9.26. The Balaban J connectivity index is 1.68. The normalized spacial score (nSPS) is 28.5. The number of piperazine rings is 1. The second-order valence-corrected chi connectivity index (χ2v) is 5.89. The molecule has 4 heteroatoms. The summed E-state index contributed by atoms with van der Waals surface area (Å²) >= 11 is 0. The van der Waals surface area contributed by atoms with E-state index < -0.39 is 0 Å². The second-order valence-electron chi connectivity index (χ2n) is 5.89. The highest BCUT2D eigenvalue weighted by atomic mass is 15.3. The van der Waals surface area contributed by atoms with Crippen molar-refractivity contribution in [3.05, 3.63) is 29.6 Å². The molecule has 2 aliphatic heterocycles. The van der Waals surface area contributed by atoms with Crippen LogP contribution in [-0.4, -0.2) is 46.5 Å². The van der Waals surface area contributed by atoms with Gasteiger partial charge in [-0.05, 0) is 38.4 Å². The molecule has 0 radical (unpaired) electrons. The lowest BCUT2D eigenvalue weighted by molar-refractivity contribution is 0.0531. The first-order valence-corrected chi connectivity index (χ1v) is 7.39. The van der Waals surface area contributed by atoms with Gasteiger partial charge in [0.2, 0.25) is 0 Å². The fraction of sp³-hybridized carbons (Fsp3) is 0.667. The first kappa shape index (κ1) is 13.0. The van der Waals surface area contributed by atoms with Crippen LogP contribution in [0.4, 0.5) is 0 Å². The van der Waals surface area contributed by atoms with Crippen molar-refractivity contribution < 1.29 is 0 Å². The minimum Gasteiger partial charge on any atom is -0.325 e. The molecule has 2 atom stereocenters. The molecule has 0 spiro atoms. The molecule has 2 fully saturated rings. The van der Waals surface area contributed by atoms with Crippen LogP contribution in [-0.2, 0) is 13.1 Å². The zero-order valence-electron chi connectivity index (χ0n) is 11.8. The molecule has 0 amide bonds. The number of fused-ring (bicyclic) bond motifs is 1. The van der Waals surface area contributed by atoms with Gasteiger partial charge in [0.1, 0.15) is 0 Å². The molecule has 2 unspecified atom stereocenters. The Labute approximate surface area is 115 Å². The smallest absolute Gasteiger partial charge is 0.0548 e. The van der Waals surface area contributed by atoms with Gasteiger partial charge in [0.25, 0.3) is 0 Å². The Morgan fingerprint density at radius 2 is 2.16 bits per heavy atom. The molecule has 2 N–H and O–H groups in total. The third kappa shape index (κ3) is 2.81. The molecule has 3 heterocycles. The molecule has 104 valence electrons. The lowest BCUT2D eigenvalue weighted by Crippen LogP contribution is -2.54. The summed E-state index contributed by atoms with van der Waals surface area (Å²) < 4.78 is 0. The predicted molar refractivity (Wildman–Crippen MR) is 76.6 cm³/mol. The van der Waals surface area contributed by atoms with E-state index in [4.69, 9.17) is 5.73 Å². The summed E-state index contributed by atoms with van der Waals surface area (Å²) in [6.07, 6.45) is 2.73. The standard InChI is InChI=1S/C15H24N4/c1-12-9-18-7-3-6-15(18)11-19(12)10-14-5-2-4-13(8-16)17-14/h2,4-5,12,15H,3,6-11,16H2,1H3. The Morgan fingerprint density at radius 1 is 1.32 bits per heavy atom. The zero-order valence-corrected chi connectivity index (χ0v) is 11.8. The molecular weight excluding hydrogens is 236 g/mol. The summed E-state index contributed by atoms with van der Waals surface area (Å²) in [6, 6.07) is 7.59. The van der Waals surface area contributed by atoms with Crippen molar-refractivity contribution in [2.75, 3.05) is 19.6 Å². The first-order valence-electron chi connectivity index (χ1n) is 7.39. The SMILES string of the molecule is CC1CN2CCCC2CN1Cc1cccc(CN)n1. The van der Waals surface area contributed by atoms with Crippen molar-refractivity contribution in [2.45, 2.75) is 44.9 Å². The molecule has 0 aromatic carbocycles. The minimum absolute atomic E-state index is 0.528. The largest absolute Gasteiger partial charge is 0.325 e. The van der Waals surface area contributed by atoms with Crippen molar-refractivity contribution in [3.8, 4) is 0 Å². The van der Waals surface area contributed by atoms with Crippen LogP contribution in [0.1, 0.15) is 31.2 Å². The van der Waals surface area contributed by atoms with Gasteiger partial charge in [-0.25, -0.2) is 0 Å². The van der Waals surface area contributed by atoms with Gasteiger partial charge in [0, 0.05) is 38.3 Å². The van der Waals surface area contributed by atoms with Gasteiger partial charge in [-0.1, -0.05) is 6.07 Å². The average Bonchev–Trinajstić information content (AvgIpc) is 2.86. The molecule has 0 bridgehead atoms. The van der Waals surface area contributed by atoms with E-state index in [-0.39, 0.29) is 0 Å². The average molecular weight is 260 g/mol. The van der Waals surface area contributed by atoms with Crippen molar-refractivity contribution in [3.63, 3.8) is 0 Å². The van der Waals surface area contributed by atoms with Crippen LogP contribution in [0.2, 0.25) is 0 Å². The van der Waals surface area contributed by atoms with Crippen molar-refractivity contribution >= 4 is 0 Å². The quantitative estimate of drug-likeness (QED) is 0.887. The number of hydrogen-bond donors (Lipinski definition) is 1. The molecule has 19 heavy (non-hydrogen) atoms. The number of aromatic nitrogens is 1. The Morgan fingerprint density at radius 3 is 3.00 bits per heavy atom. The topological polar surface area (TPSA) is 45.4 Å². The summed E-state index contributed by atoms with van der Waals surface area (Å²) in [7, 11) is 0. The van der Waals surface area contributed by atoms with Crippen molar-refractivity contribution in [1.82, 2.24) is 14.8 Å². The van der Waals surface area contributed by atoms with Gasteiger partial charge in [-0.3, -0.25) is 14.8 Å². The third-order valence-corrected chi connectivity index (χ3v) is 4.51. The lowest BCUT2D eigenvalue weighted by atomic mass is 10.1. The van der Waals surface area contributed by atoms with Crippen LogP contribution in [0.5, 0.6) is 0 Å². The molecule has 1 aromatic rings. The van der Waals surface area contributed by atoms with Crippen LogP contribution in [0, 0.1) is 0 Å². The summed E-state index contributed by atoms with van der Waals surface area (Å²) in [5.41, 5.74) is 7.81. The maximum Gasteiger partial charge on any atom is 0.0548 e. The summed E-state index contributed by atoms with van der Waals surface area (Å²) in [5, 5.41) is 0. The molecule has 3 rings (SSSR count). The van der Waals surface area contributed by atoms with Gasteiger partial charge in [-0.15, -0.1) is 0 Å². The van der Waals surface area contributed by atoms with Crippen LogP contribution < -0.4 is 5.73 Å². The summed E-state index contributed by atoms with van der Waals surface area (Å²) in [4.78, 5) is 9.86. The van der Waals surface area contributed by atoms with E-state index in [9.17, 15) is 0 Å². The van der Waals surface area contributed by atoms with Gasteiger partial charge < -0.3 is 5.73 Å². The summed E-state index contributed by atoms with van der Waals surface area (Å²) in [5.74, 6) is 0. The predicted octanol–water partition coefficient (Wildman–Crippen LogP) is 1.21. The van der Waals surface area contributed by atoms with Gasteiger partial charge >= 0.3 is 0 Å². The lowest BCUT2D eigenvalue weighted by Gasteiger charge is -2.42. The third-order valence-electron chi connectivity index (χ3n) is 4.51. The molecule has 1 aromatic heterocycles. The van der Waals surface area contributed by atoms with Crippen LogP contribution >= 0.6 is 0 Å². The van der Waals surface area contributed by atoms with Crippen LogP contribution in [0.3, 0.4) is 0 Å². The number of nitrogens with zero attached hydrogens (tertiary/aromatic N) is 3. The molecular formula is C15H24N4. The van der Waals surface area contributed by atoms with Crippen molar-refractivity contribution in [1.29, 1.82) is 0 Å². The molecule has 0 saturated carbocycles. The maximum absolute atomic E-state index is 5.67. The highest BCUT2D eigenvalue weighted by molar-refractivity contribution is 5.11. The van der Waals surface area contributed by atoms with E-state index in [0.29, 0.717) is 12.6 Å². The van der Waals surface area contributed by atoms with Gasteiger partial charge in [-0.2, -0.15) is 0 Å². The number of nitrogens with two attached hydrogens (primary N) is 1. The Hall–Kier alpha value is -0.970. The monoisotopic (exact) mass is 260 g/mol. The molecule has 2 aliphatic rings. The van der Waals surface area contributed by atoms with E-state index in [1.54, 1.807) is 0 Å². The number of rotatable bonds is 3. The Kier molecular flexibility index (Phi) is 3.82. The van der Waals surface area contributed by atoms with Gasteiger partial charge in [0.05, 0.1) is 11.4 Å². The van der Waals surface area contributed by atoms with E-state index in [1.165, 1.54) is 32.5 Å². The fourth-order valence-corrected chi connectivity index (χ4v) is 3.41. The number of pyridine rings is 1. The van der Waals surface area contributed by atoms with E-state index in [2.05, 4.69) is 33.8 Å². The number of hydrogen-bond acceptors (Lipinski definition) is 4. The second kappa shape index (κ2) is 5.57. The zero-order chi connectivity index (χ0) is 13.2. The molecule has 2 saturated heterocycles. The van der Waals surface area contributed by atoms with Crippen LogP contribution in [0.25, 0.3) is 0 Å². The minimum atomic E-state index is 0.528. The van der Waals surface area contributed by atoms with Gasteiger partial charge in [0.15, 0.2) is 0 Å². The fourth-order valence-electron chi connectivity index (χ4n) is 3.41. The highest BCUT2D eigenvalue weighted by Gasteiger charge is 2.34. The van der Waals surface area contributed by atoms with Crippen molar-refractivity contribution in [2.24, 2.45) is 5.73 Å². The highest BCUT2D eigenvalue weighted by Crippen LogP contribution is 2.25.